The Morgan fingerprint density at radius 3 is 2.37 bits per heavy atom. The number of carbonyl (C=O) groups excluding carboxylic acids is 1. The van der Waals surface area contributed by atoms with Gasteiger partial charge in [0, 0.05) is 14.1 Å². The van der Waals surface area contributed by atoms with Crippen molar-refractivity contribution in [1.82, 2.24) is 4.90 Å². The number of carbonyl (C=O) groups is 1. The van der Waals surface area contributed by atoms with Crippen molar-refractivity contribution in [3.05, 3.63) is 42.0 Å². The first-order valence-electron chi connectivity index (χ1n) is 6.32. The van der Waals surface area contributed by atoms with Crippen molar-refractivity contribution in [2.24, 2.45) is 0 Å². The molecule has 0 aliphatic heterocycles. The lowest BCUT2D eigenvalue weighted by Crippen LogP contribution is -2.26. The fourth-order valence-corrected chi connectivity index (χ4v) is 2.17. The Morgan fingerprint density at radius 2 is 1.74 bits per heavy atom. The van der Waals surface area contributed by atoms with Crippen molar-refractivity contribution in [3.8, 4) is 5.75 Å². The van der Waals surface area contributed by atoms with Crippen molar-refractivity contribution in [3.63, 3.8) is 0 Å². The van der Waals surface area contributed by atoms with Crippen LogP contribution in [0.2, 0.25) is 0 Å². The predicted molar refractivity (Wildman–Crippen MR) is 77.6 cm³/mol. The van der Waals surface area contributed by atoms with Crippen molar-refractivity contribution < 1.29 is 9.53 Å². The number of rotatable bonds is 3. The molecule has 0 saturated heterocycles. The van der Waals surface area contributed by atoms with E-state index < -0.39 is 0 Å². The lowest BCUT2D eigenvalue weighted by molar-refractivity contribution is -0.129. The molecule has 0 bridgehead atoms. The van der Waals surface area contributed by atoms with E-state index in [-0.39, 0.29) is 11.8 Å². The number of amides is 1. The minimum atomic E-state index is -0.124. The van der Waals surface area contributed by atoms with Crippen molar-refractivity contribution >= 4 is 16.7 Å². The lowest BCUT2D eigenvalue weighted by atomic mass is 9.97. The first-order chi connectivity index (χ1) is 9.02. The third kappa shape index (κ3) is 2.70. The molecule has 0 spiro atoms. The van der Waals surface area contributed by atoms with Gasteiger partial charge < -0.3 is 9.64 Å². The molecule has 1 amide bonds. The molecule has 0 heterocycles. The number of methoxy groups -OCH3 is 1. The second-order valence-electron chi connectivity index (χ2n) is 4.93. The van der Waals surface area contributed by atoms with Gasteiger partial charge in [0.15, 0.2) is 0 Å². The SMILES string of the molecule is COc1ccc2cc(C(C)C(=O)N(C)C)ccc2c1. The maximum Gasteiger partial charge on any atom is 0.229 e. The highest BCUT2D eigenvalue weighted by atomic mass is 16.5. The van der Waals surface area contributed by atoms with Crippen LogP contribution in [0, 0.1) is 0 Å². The van der Waals surface area contributed by atoms with E-state index in [2.05, 4.69) is 6.07 Å². The molecule has 2 rings (SSSR count). The summed E-state index contributed by atoms with van der Waals surface area (Å²) in [7, 11) is 5.23. The topological polar surface area (TPSA) is 29.5 Å². The van der Waals surface area contributed by atoms with Gasteiger partial charge in [0.1, 0.15) is 5.75 Å². The standard InChI is InChI=1S/C16H19NO2/c1-11(16(18)17(2)3)12-5-6-14-10-15(19-4)8-7-13(14)9-12/h5-11H,1-4H3. The van der Waals surface area contributed by atoms with E-state index in [4.69, 9.17) is 4.74 Å². The quantitative estimate of drug-likeness (QED) is 0.845. The van der Waals surface area contributed by atoms with Crippen LogP contribution in [-0.4, -0.2) is 32.0 Å². The Morgan fingerprint density at radius 1 is 1.11 bits per heavy atom. The summed E-state index contributed by atoms with van der Waals surface area (Å²) in [6.07, 6.45) is 0. The lowest BCUT2D eigenvalue weighted by Gasteiger charge is -2.17. The maximum absolute atomic E-state index is 12.0. The number of nitrogens with zero attached hydrogens (tertiary/aromatic N) is 1. The fourth-order valence-electron chi connectivity index (χ4n) is 2.17. The van der Waals surface area contributed by atoms with Gasteiger partial charge in [-0.25, -0.2) is 0 Å². The zero-order chi connectivity index (χ0) is 14.0. The zero-order valence-corrected chi connectivity index (χ0v) is 11.8. The fraction of sp³-hybridized carbons (Fsp3) is 0.312. The summed E-state index contributed by atoms with van der Waals surface area (Å²) in [5, 5.41) is 2.24. The molecule has 1 atom stereocenters. The van der Waals surface area contributed by atoms with Gasteiger partial charge in [0.05, 0.1) is 13.0 Å². The molecule has 0 radical (unpaired) electrons. The highest BCUT2D eigenvalue weighted by Crippen LogP contribution is 2.25. The predicted octanol–water partition coefficient (Wildman–Crippen LogP) is 3.04. The Bertz CT molecular complexity index is 605. The summed E-state index contributed by atoms with van der Waals surface area (Å²) < 4.78 is 5.21. The van der Waals surface area contributed by atoms with Crippen LogP contribution in [0.15, 0.2) is 36.4 Å². The molecule has 19 heavy (non-hydrogen) atoms. The number of hydrogen-bond donors (Lipinski definition) is 0. The van der Waals surface area contributed by atoms with Gasteiger partial charge in [0.2, 0.25) is 5.91 Å². The Kier molecular flexibility index (Phi) is 3.74. The Hall–Kier alpha value is -2.03. The summed E-state index contributed by atoms with van der Waals surface area (Å²) >= 11 is 0. The number of ether oxygens (including phenoxy) is 1. The molecule has 0 aromatic heterocycles. The molecule has 2 aromatic rings. The van der Waals surface area contributed by atoms with Crippen LogP contribution < -0.4 is 4.74 Å². The molecule has 0 aliphatic rings. The third-order valence-corrected chi connectivity index (χ3v) is 3.38. The molecule has 100 valence electrons. The van der Waals surface area contributed by atoms with Gasteiger partial charge in [-0.05, 0) is 35.4 Å². The maximum atomic E-state index is 12.0. The molecular weight excluding hydrogens is 238 g/mol. The van der Waals surface area contributed by atoms with E-state index in [0.29, 0.717) is 0 Å². The highest BCUT2D eigenvalue weighted by Gasteiger charge is 2.17. The molecule has 0 saturated carbocycles. The average Bonchev–Trinajstić information content (AvgIpc) is 2.44. The van der Waals surface area contributed by atoms with Crippen LogP contribution >= 0.6 is 0 Å². The van der Waals surface area contributed by atoms with Gasteiger partial charge in [-0.15, -0.1) is 0 Å². The minimum Gasteiger partial charge on any atom is -0.497 e. The summed E-state index contributed by atoms with van der Waals surface area (Å²) in [5.74, 6) is 0.840. The largest absolute Gasteiger partial charge is 0.497 e. The van der Waals surface area contributed by atoms with E-state index in [9.17, 15) is 4.79 Å². The molecule has 3 heteroatoms. The summed E-state index contributed by atoms with van der Waals surface area (Å²) in [4.78, 5) is 13.6. The Balaban J connectivity index is 2.39. The molecule has 0 N–H and O–H groups in total. The molecule has 3 nitrogen and oxygen atoms in total. The summed E-state index contributed by atoms with van der Waals surface area (Å²) in [6.45, 7) is 1.94. The van der Waals surface area contributed by atoms with Crippen LogP contribution in [0.1, 0.15) is 18.4 Å². The number of hydrogen-bond acceptors (Lipinski definition) is 2. The van der Waals surface area contributed by atoms with Gasteiger partial charge >= 0.3 is 0 Å². The number of fused-ring (bicyclic) bond motifs is 1. The second-order valence-corrected chi connectivity index (χ2v) is 4.93. The smallest absolute Gasteiger partial charge is 0.229 e. The second kappa shape index (κ2) is 5.31. The summed E-state index contributed by atoms with van der Waals surface area (Å²) in [5.41, 5.74) is 1.04. The van der Waals surface area contributed by atoms with Crippen LogP contribution in [0.4, 0.5) is 0 Å². The first kappa shape index (κ1) is 13.4. The third-order valence-electron chi connectivity index (χ3n) is 3.38. The van der Waals surface area contributed by atoms with Crippen LogP contribution in [0.25, 0.3) is 10.8 Å². The minimum absolute atomic E-state index is 0.118. The molecule has 2 aromatic carbocycles. The summed E-state index contributed by atoms with van der Waals surface area (Å²) in [6, 6.07) is 12.1. The van der Waals surface area contributed by atoms with Gasteiger partial charge in [-0.3, -0.25) is 4.79 Å². The van der Waals surface area contributed by atoms with Gasteiger partial charge in [0.25, 0.3) is 0 Å². The normalized spacial score (nSPS) is 12.2. The van der Waals surface area contributed by atoms with E-state index >= 15 is 0 Å². The first-order valence-corrected chi connectivity index (χ1v) is 6.32. The Labute approximate surface area is 113 Å². The number of benzene rings is 2. The monoisotopic (exact) mass is 257 g/mol. The van der Waals surface area contributed by atoms with Crippen molar-refractivity contribution in [1.29, 1.82) is 0 Å². The average molecular weight is 257 g/mol. The van der Waals surface area contributed by atoms with Crippen LogP contribution in [-0.2, 0) is 4.79 Å². The van der Waals surface area contributed by atoms with E-state index in [1.807, 2.05) is 37.3 Å². The van der Waals surface area contributed by atoms with E-state index in [1.54, 1.807) is 26.1 Å². The molecular formula is C16H19NO2. The van der Waals surface area contributed by atoms with Crippen molar-refractivity contribution in [2.45, 2.75) is 12.8 Å². The number of likely N-dealkylation sites (N-methyl/N-ethyl adjacent to an activating group) is 1. The van der Waals surface area contributed by atoms with E-state index in [1.165, 1.54) is 0 Å². The highest BCUT2D eigenvalue weighted by molar-refractivity contribution is 5.88. The molecule has 0 aliphatic carbocycles. The molecule has 0 fully saturated rings. The molecule has 1 unspecified atom stereocenters. The van der Waals surface area contributed by atoms with E-state index in [0.717, 1.165) is 22.1 Å². The van der Waals surface area contributed by atoms with Crippen molar-refractivity contribution in [2.75, 3.05) is 21.2 Å². The van der Waals surface area contributed by atoms with Gasteiger partial charge in [-0.2, -0.15) is 0 Å². The van der Waals surface area contributed by atoms with Crippen LogP contribution in [0.3, 0.4) is 0 Å². The van der Waals surface area contributed by atoms with Crippen LogP contribution in [0.5, 0.6) is 5.75 Å². The zero-order valence-electron chi connectivity index (χ0n) is 11.8. The van der Waals surface area contributed by atoms with Gasteiger partial charge in [-0.1, -0.05) is 24.3 Å².